The molecule has 0 unspecified atom stereocenters. The smallest absolute Gasteiger partial charge is 0.416 e. The maximum Gasteiger partial charge on any atom is 0.416 e. The first kappa shape index (κ1) is 102. The van der Waals surface area contributed by atoms with E-state index in [1.807, 2.05) is 62.4 Å². The third kappa shape index (κ3) is 23.9. The van der Waals surface area contributed by atoms with Crippen LogP contribution in [0, 0.1) is 31.3 Å². The first-order valence-corrected chi connectivity index (χ1v) is 44.9. The highest BCUT2D eigenvalue weighted by atomic mass is 35.5. The molecule has 53 heteroatoms. The molecule has 1 saturated carbocycles. The van der Waals surface area contributed by atoms with E-state index in [9.17, 15) is 70.2 Å². The number of nitrogens with two attached hydrogens (primary N) is 5. The molecular formula is C96H75Cl2F16N33O2. The molecule has 1 aliphatic carbocycles. The second-order valence-corrected chi connectivity index (χ2v) is 33.1. The summed E-state index contributed by atoms with van der Waals surface area (Å²) in [6, 6.07) is 48.7. The van der Waals surface area contributed by atoms with Gasteiger partial charge in [0.2, 0.25) is 41.4 Å². The van der Waals surface area contributed by atoms with E-state index < -0.39 is 71.7 Å². The Hall–Kier alpha value is -18.2. The molecule has 0 spiro atoms. The Kier molecular flexibility index (Phi) is 29.2. The standard InChI is InChI=1S/C20H16F4N6.C20H16F3N7O.C19H15ClF3N7.C19H15F3N6O.C18H13ClF3N7/c1-2-15-27-13-5-3-4-6-14(13)30(15)19-28-17(25)16(21)18(29-19)26-12-9-7-11(8-10-12)20(22,23)24;21-11-7-14-17(25-9-11)29-18(10-1-2-10)30(14)20-27-15(24)8-16(28-20)26-12-3-5-13(6-4-12)31-19(22)23;1-2-16-29-17-13(7-11(20)9-25-17)30(16)18-27-14(24)8-15(28-18)26-12-5-3-10(4-6-12)19(21,22)23;1-10-24-13-4-2-3-5-14(13)28(10)19-26-16(23)15(20)17(27-19)25-11-6-8-12(9-7-11)29-18(21)22;1-9-25-16-13(6-11(19)8-24-16)29(9)17-27-14(23)7-15(28-17)26-12-4-2-10(3-5-12)18(20,21)22/h3-10H,2H2,1H3,(H3,25,26,28,29);3-10,19H,1-2H2,(H3,24,26,27,28);3-9H,2H2,1H3,(H3,24,26,27,28);2-9,18H,1H3,(H3,23,25,26,27);2-8H,1H3,(H3,23,26,27,28). The Balaban J connectivity index is 0.000000127. The number of fused-ring (bicyclic) bond motifs is 5. The summed E-state index contributed by atoms with van der Waals surface area (Å²) in [6.45, 7) is 1.54. The van der Waals surface area contributed by atoms with Crippen LogP contribution in [0.4, 0.5) is 157 Å². The van der Waals surface area contributed by atoms with Crippen LogP contribution >= 0.6 is 23.2 Å². The minimum Gasteiger partial charge on any atom is -0.435 e. The lowest BCUT2D eigenvalue weighted by molar-refractivity contribution is -0.138. The Morgan fingerprint density at radius 1 is 0.356 bits per heavy atom. The summed E-state index contributed by atoms with van der Waals surface area (Å²) in [5.74, 6) is 2.55. The topological polar surface area (TPSA) is 465 Å². The molecule has 21 rings (SSSR count). The molecule has 7 aromatic carbocycles. The zero-order valence-electron chi connectivity index (χ0n) is 77.2. The number of aryl methyl sites for hydroxylation is 4. The number of nitrogen functional groups attached to an aromatic ring is 5. The fourth-order valence-corrected chi connectivity index (χ4v) is 15.3. The number of para-hydroxylation sites is 4. The molecule has 0 bridgehead atoms. The Bertz CT molecular complexity index is 8310. The Labute approximate surface area is 839 Å². The van der Waals surface area contributed by atoms with Gasteiger partial charge in [-0.05, 0) is 184 Å². The van der Waals surface area contributed by atoms with Gasteiger partial charge in [-0.15, -0.1) is 0 Å². The predicted octanol–water partition coefficient (Wildman–Crippen LogP) is 22.5. The van der Waals surface area contributed by atoms with E-state index in [1.54, 1.807) is 60.9 Å². The molecule has 13 aromatic heterocycles. The van der Waals surface area contributed by atoms with Crippen molar-refractivity contribution in [3.63, 3.8) is 0 Å². The maximum absolute atomic E-state index is 14.6. The number of alkyl halides is 13. The normalized spacial score (nSPS) is 12.1. The van der Waals surface area contributed by atoms with Crippen molar-refractivity contribution in [3.8, 4) is 41.2 Å². The molecule has 20 aromatic rings. The zero-order chi connectivity index (χ0) is 106. The van der Waals surface area contributed by atoms with Gasteiger partial charge in [-0.2, -0.15) is 116 Å². The van der Waals surface area contributed by atoms with Gasteiger partial charge >= 0.3 is 31.8 Å². The van der Waals surface area contributed by atoms with Crippen molar-refractivity contribution in [2.75, 3.05) is 55.3 Å². The van der Waals surface area contributed by atoms with E-state index in [4.69, 9.17) is 51.9 Å². The lowest BCUT2D eigenvalue weighted by atomic mass is 10.2. The summed E-state index contributed by atoms with van der Waals surface area (Å²) in [5.41, 5.74) is 35.1. The van der Waals surface area contributed by atoms with Crippen molar-refractivity contribution < 1.29 is 79.7 Å². The van der Waals surface area contributed by atoms with Crippen molar-refractivity contribution in [3.05, 3.63) is 298 Å². The molecule has 15 N–H and O–H groups in total. The zero-order valence-corrected chi connectivity index (χ0v) is 78.7. The van der Waals surface area contributed by atoms with Crippen LogP contribution in [-0.2, 0) is 31.4 Å². The number of aromatic nitrogens is 23. The van der Waals surface area contributed by atoms with Gasteiger partial charge in [-0.1, -0.05) is 61.3 Å². The molecule has 0 atom stereocenters. The van der Waals surface area contributed by atoms with Gasteiger partial charge in [0.25, 0.3) is 0 Å². The molecule has 0 amide bonds. The van der Waals surface area contributed by atoms with Gasteiger partial charge in [0.1, 0.15) is 81.3 Å². The van der Waals surface area contributed by atoms with Crippen LogP contribution in [0.3, 0.4) is 0 Å². The Morgan fingerprint density at radius 3 is 1.12 bits per heavy atom. The van der Waals surface area contributed by atoms with Gasteiger partial charge in [-0.3, -0.25) is 22.8 Å². The number of benzene rings is 7. The highest BCUT2D eigenvalue weighted by Crippen LogP contribution is 2.43. The quantitative estimate of drug-likeness (QED) is 0.0282. The Morgan fingerprint density at radius 2 is 0.691 bits per heavy atom. The summed E-state index contributed by atoms with van der Waals surface area (Å²) in [6.07, 6.45) is -6.10. The van der Waals surface area contributed by atoms with Crippen molar-refractivity contribution in [2.24, 2.45) is 0 Å². The first-order chi connectivity index (χ1) is 71.1. The summed E-state index contributed by atoms with van der Waals surface area (Å²) in [5, 5.41) is 15.2. The predicted molar refractivity (Wildman–Crippen MR) is 526 cm³/mol. The number of ether oxygens (including phenoxy) is 2. The largest absolute Gasteiger partial charge is 0.435 e. The number of nitrogens with one attached hydrogen (secondary N) is 5. The van der Waals surface area contributed by atoms with E-state index in [0.29, 0.717) is 126 Å². The number of anilines is 15. The van der Waals surface area contributed by atoms with E-state index in [-0.39, 0.29) is 87.8 Å². The van der Waals surface area contributed by atoms with Crippen LogP contribution < -0.4 is 64.7 Å². The number of hydrogen-bond donors (Lipinski definition) is 10. The summed E-state index contributed by atoms with van der Waals surface area (Å²) < 4.78 is 224. The minimum atomic E-state index is -4.46. The number of hydrogen-bond acceptors (Lipinski definition) is 30. The second kappa shape index (κ2) is 42.6. The molecule has 13 heterocycles. The molecule has 0 saturated heterocycles. The lowest BCUT2D eigenvalue weighted by Crippen LogP contribution is -2.11. The minimum absolute atomic E-state index is 0.0191. The third-order valence-corrected chi connectivity index (χ3v) is 22.1. The van der Waals surface area contributed by atoms with Crippen LogP contribution in [-0.4, -0.2) is 126 Å². The highest BCUT2D eigenvalue weighted by molar-refractivity contribution is 6.31. The summed E-state index contributed by atoms with van der Waals surface area (Å²) in [7, 11) is 0. The van der Waals surface area contributed by atoms with Crippen molar-refractivity contribution in [1.82, 2.24) is 113 Å². The van der Waals surface area contributed by atoms with Gasteiger partial charge in [0.05, 0.1) is 71.5 Å². The lowest BCUT2D eigenvalue weighted by Gasteiger charge is -2.13. The average Bonchev–Trinajstić information content (AvgIpc) is 1.60. The van der Waals surface area contributed by atoms with Gasteiger partial charge in [0, 0.05) is 83.9 Å². The highest BCUT2D eigenvalue weighted by Gasteiger charge is 2.35. The van der Waals surface area contributed by atoms with Crippen molar-refractivity contribution in [2.45, 2.75) is 91.0 Å². The number of rotatable bonds is 22. The average molecular weight is 2100 g/mol. The molecular weight excluding hydrogens is 2020 g/mol. The van der Waals surface area contributed by atoms with Crippen LogP contribution in [0.25, 0.3) is 85.3 Å². The van der Waals surface area contributed by atoms with Crippen LogP contribution in [0.5, 0.6) is 11.5 Å². The molecule has 1 fully saturated rings. The van der Waals surface area contributed by atoms with Crippen LogP contribution in [0.1, 0.15) is 78.4 Å². The fraction of sp³-hybridized carbons (Fsp3) is 0.146. The van der Waals surface area contributed by atoms with Gasteiger partial charge < -0.3 is 64.7 Å². The van der Waals surface area contributed by atoms with E-state index in [2.05, 4.69) is 126 Å². The van der Waals surface area contributed by atoms with Gasteiger partial charge in [-0.25, -0.2) is 44.3 Å². The first-order valence-electron chi connectivity index (χ1n) is 44.2. The number of halogens is 18. The molecule has 762 valence electrons. The summed E-state index contributed by atoms with van der Waals surface area (Å²) in [4.78, 5) is 77.6. The maximum atomic E-state index is 14.6. The molecule has 35 nitrogen and oxygen atoms in total. The monoisotopic (exact) mass is 2100 g/mol. The molecule has 149 heavy (non-hydrogen) atoms. The third-order valence-electron chi connectivity index (χ3n) is 21.7. The molecule has 0 radical (unpaired) electrons. The number of nitrogens with zero attached hydrogens (tertiary/aromatic N) is 23. The van der Waals surface area contributed by atoms with Crippen molar-refractivity contribution in [1.29, 1.82) is 0 Å². The number of imidazole rings is 5. The SMILES string of the molecule is CCc1nc2ccccc2n1-c1nc(N)c(F)c(Nc2ccc(C(F)(F)F)cc2)n1.CCc1nc2ncc(Cl)cc2n1-c1nc(N)cc(Nc2ccc(C(F)(F)F)cc2)n1.Cc1nc2ccccc2n1-c1nc(N)c(F)c(Nc2ccc(OC(F)F)cc2)n1.Cc1nc2ncc(Cl)cc2n1-c1nc(N)cc(Nc2ccc(C(F)(F)F)cc2)n1.Nc1cc(Nc2ccc(OC(F)F)cc2)nc(-n2c(C3CC3)nc3ncc(F)cc32)n1. The van der Waals surface area contributed by atoms with Gasteiger partial charge in [0.15, 0.2) is 40.2 Å². The van der Waals surface area contributed by atoms with Crippen LogP contribution in [0.2, 0.25) is 10.0 Å². The van der Waals surface area contributed by atoms with E-state index in [0.717, 1.165) is 77.5 Å². The van der Waals surface area contributed by atoms with Crippen molar-refractivity contribution >= 4 is 165 Å². The fourth-order valence-electron chi connectivity index (χ4n) is 15.0. The van der Waals surface area contributed by atoms with Crippen LogP contribution in [0.15, 0.2) is 225 Å². The number of pyridine rings is 3. The molecule has 1 aliphatic rings. The summed E-state index contributed by atoms with van der Waals surface area (Å²) >= 11 is 12.1. The van der Waals surface area contributed by atoms with E-state index >= 15 is 0 Å². The van der Waals surface area contributed by atoms with E-state index in [1.165, 1.54) is 109 Å². The molecule has 0 aliphatic heterocycles. The second-order valence-electron chi connectivity index (χ2n) is 32.2.